The Bertz CT molecular complexity index is 1600. The first-order valence-corrected chi connectivity index (χ1v) is 13.7. The molecular formula is C30H32FN7O3. The fraction of sp³-hybridized carbons (Fsp3) is 0.367. The molecule has 4 heterocycles. The number of fused-ring (bicyclic) bond motifs is 1. The number of carbonyl (C=O) groups is 2. The van der Waals surface area contributed by atoms with Gasteiger partial charge in [0.1, 0.15) is 17.6 Å². The van der Waals surface area contributed by atoms with Crippen molar-refractivity contribution in [2.24, 2.45) is 5.41 Å². The van der Waals surface area contributed by atoms with Crippen molar-refractivity contribution in [2.45, 2.75) is 58.5 Å². The van der Waals surface area contributed by atoms with Gasteiger partial charge in [0.25, 0.3) is 5.91 Å². The molecule has 0 saturated heterocycles. The zero-order valence-corrected chi connectivity index (χ0v) is 23.4. The van der Waals surface area contributed by atoms with Crippen LogP contribution >= 0.6 is 0 Å². The molecule has 2 aliphatic rings. The third-order valence-corrected chi connectivity index (χ3v) is 8.09. The van der Waals surface area contributed by atoms with E-state index in [2.05, 4.69) is 30.9 Å². The number of pyridine rings is 1. The van der Waals surface area contributed by atoms with Gasteiger partial charge < -0.3 is 15.4 Å². The smallest absolute Gasteiger partial charge is 0.270 e. The first-order valence-electron chi connectivity index (χ1n) is 13.7. The molecule has 4 aromatic rings. The molecule has 10 nitrogen and oxygen atoms in total. The number of H-pyrrole nitrogens is 1. The average molecular weight is 558 g/mol. The van der Waals surface area contributed by atoms with Crippen LogP contribution in [-0.4, -0.2) is 49.4 Å². The summed E-state index contributed by atoms with van der Waals surface area (Å²) in [7, 11) is 0. The minimum Gasteiger partial charge on any atom is -0.477 e. The van der Waals surface area contributed by atoms with Crippen molar-refractivity contribution in [1.29, 1.82) is 0 Å². The highest BCUT2D eigenvalue weighted by molar-refractivity contribution is 6.01. The summed E-state index contributed by atoms with van der Waals surface area (Å²) >= 11 is 0. The summed E-state index contributed by atoms with van der Waals surface area (Å²) in [4.78, 5) is 31.8. The van der Waals surface area contributed by atoms with Crippen LogP contribution in [0, 0.1) is 25.1 Å². The molecule has 11 heteroatoms. The largest absolute Gasteiger partial charge is 0.477 e. The monoisotopic (exact) mass is 557 g/mol. The van der Waals surface area contributed by atoms with Gasteiger partial charge in [-0.2, -0.15) is 10.2 Å². The maximum Gasteiger partial charge on any atom is 0.270 e. The Labute approximate surface area is 236 Å². The Balaban J connectivity index is 1.34. The summed E-state index contributed by atoms with van der Waals surface area (Å²) < 4.78 is 22.0. The van der Waals surface area contributed by atoms with Gasteiger partial charge in [-0.05, 0) is 70.4 Å². The predicted molar refractivity (Wildman–Crippen MR) is 150 cm³/mol. The molecule has 3 N–H and O–H groups in total. The van der Waals surface area contributed by atoms with E-state index >= 15 is 0 Å². The molecule has 2 atom stereocenters. The SMILES string of the molecule is Cc1n[nH]c(C)c1-c1ccc(NC(=O)[C@@H](NC(=O)c2ccnn2C(C)C)C2c3cc(F)cnc3OCC23CC3)cc1. The highest BCUT2D eigenvalue weighted by Crippen LogP contribution is 2.61. The quantitative estimate of drug-likeness (QED) is 0.302. The van der Waals surface area contributed by atoms with Crippen molar-refractivity contribution in [2.75, 3.05) is 11.9 Å². The second-order valence-corrected chi connectivity index (χ2v) is 11.3. The van der Waals surface area contributed by atoms with E-state index in [1.165, 1.54) is 6.07 Å². The van der Waals surface area contributed by atoms with Crippen LogP contribution in [0.3, 0.4) is 0 Å². The summed E-state index contributed by atoms with van der Waals surface area (Å²) in [6, 6.07) is 9.37. The first kappa shape index (κ1) is 26.7. The van der Waals surface area contributed by atoms with Crippen molar-refractivity contribution in [3.63, 3.8) is 0 Å². The number of rotatable bonds is 7. The van der Waals surface area contributed by atoms with Gasteiger partial charge in [0.15, 0.2) is 0 Å². The molecule has 1 aliphatic carbocycles. The number of aryl methyl sites for hydroxylation is 2. The second kappa shape index (κ2) is 10.1. The average Bonchev–Trinajstić information content (AvgIpc) is 3.36. The lowest BCUT2D eigenvalue weighted by Crippen LogP contribution is -2.52. The molecular weight excluding hydrogens is 525 g/mol. The van der Waals surface area contributed by atoms with Crippen LogP contribution in [0.25, 0.3) is 11.1 Å². The Morgan fingerprint density at radius 1 is 1.17 bits per heavy atom. The Morgan fingerprint density at radius 2 is 1.93 bits per heavy atom. The number of nitrogens with one attached hydrogen (secondary N) is 3. The van der Waals surface area contributed by atoms with Crippen LogP contribution in [0.15, 0.2) is 48.8 Å². The number of benzene rings is 1. The first-order chi connectivity index (χ1) is 19.7. The minimum atomic E-state index is -1.02. The normalized spacial score (nSPS) is 17.6. The fourth-order valence-electron chi connectivity index (χ4n) is 5.90. The second-order valence-electron chi connectivity index (χ2n) is 11.3. The third-order valence-electron chi connectivity index (χ3n) is 8.09. The van der Waals surface area contributed by atoms with Gasteiger partial charge in [0.05, 0.1) is 18.5 Å². The number of nitrogens with zero attached hydrogens (tertiary/aromatic N) is 4. The van der Waals surface area contributed by atoms with Crippen LogP contribution in [0.2, 0.25) is 0 Å². The number of halogens is 1. The van der Waals surface area contributed by atoms with Crippen LogP contribution in [0.4, 0.5) is 10.1 Å². The molecule has 1 spiro atoms. The number of anilines is 1. The highest BCUT2D eigenvalue weighted by Gasteiger charge is 2.58. The Morgan fingerprint density at radius 3 is 2.59 bits per heavy atom. The van der Waals surface area contributed by atoms with E-state index in [1.807, 2.05) is 52.0 Å². The zero-order chi connectivity index (χ0) is 28.9. The zero-order valence-electron chi connectivity index (χ0n) is 23.4. The summed E-state index contributed by atoms with van der Waals surface area (Å²) in [5.41, 5.74) is 4.80. The molecule has 1 aromatic carbocycles. The van der Waals surface area contributed by atoms with Crippen molar-refractivity contribution in [1.82, 2.24) is 30.3 Å². The lowest BCUT2D eigenvalue weighted by atomic mass is 9.76. The maximum atomic E-state index is 14.5. The van der Waals surface area contributed by atoms with Crippen molar-refractivity contribution in [3.05, 3.63) is 77.3 Å². The summed E-state index contributed by atoms with van der Waals surface area (Å²) in [6.07, 6.45) is 4.23. The molecule has 0 radical (unpaired) electrons. The van der Waals surface area contributed by atoms with Gasteiger partial charge in [-0.1, -0.05) is 12.1 Å². The molecule has 1 saturated carbocycles. The van der Waals surface area contributed by atoms with E-state index in [4.69, 9.17) is 4.74 Å². The van der Waals surface area contributed by atoms with Gasteiger partial charge in [0.2, 0.25) is 11.8 Å². The van der Waals surface area contributed by atoms with Crippen molar-refractivity contribution in [3.8, 4) is 17.0 Å². The van der Waals surface area contributed by atoms with E-state index in [0.717, 1.165) is 41.6 Å². The molecule has 6 rings (SSSR count). The Hall–Kier alpha value is -4.54. The predicted octanol–water partition coefficient (Wildman–Crippen LogP) is 4.70. The van der Waals surface area contributed by atoms with Crippen LogP contribution < -0.4 is 15.4 Å². The minimum absolute atomic E-state index is 0.0593. The van der Waals surface area contributed by atoms with Crippen LogP contribution in [-0.2, 0) is 4.79 Å². The van der Waals surface area contributed by atoms with Gasteiger partial charge in [-0.3, -0.25) is 19.4 Å². The number of amides is 2. The molecule has 1 aliphatic heterocycles. The van der Waals surface area contributed by atoms with Gasteiger partial charge in [-0.15, -0.1) is 0 Å². The lowest BCUT2D eigenvalue weighted by Gasteiger charge is -2.38. The van der Waals surface area contributed by atoms with E-state index in [0.29, 0.717) is 23.6 Å². The number of aromatic nitrogens is 5. The third kappa shape index (κ3) is 4.85. The number of carbonyl (C=O) groups excluding carboxylic acids is 2. The highest BCUT2D eigenvalue weighted by atomic mass is 19.1. The Kier molecular flexibility index (Phi) is 6.59. The van der Waals surface area contributed by atoms with E-state index in [-0.39, 0.29) is 11.9 Å². The molecule has 41 heavy (non-hydrogen) atoms. The summed E-state index contributed by atoms with van der Waals surface area (Å²) in [5.74, 6) is -1.64. The molecule has 212 valence electrons. The number of aromatic amines is 1. The molecule has 2 amide bonds. The summed E-state index contributed by atoms with van der Waals surface area (Å²) in [5, 5.41) is 17.5. The van der Waals surface area contributed by atoms with Crippen LogP contribution in [0.1, 0.15) is 66.1 Å². The number of hydrogen-bond donors (Lipinski definition) is 3. The molecule has 1 unspecified atom stereocenters. The van der Waals surface area contributed by atoms with Gasteiger partial charge >= 0.3 is 0 Å². The molecule has 0 bridgehead atoms. The lowest BCUT2D eigenvalue weighted by molar-refractivity contribution is -0.119. The topological polar surface area (TPSA) is 127 Å². The molecule has 3 aromatic heterocycles. The standard InChI is InChI=1S/C30H32FN7O3/c1-16(2)38-23(9-12-33-38)27(39)35-26(25-22-13-20(31)14-32-29(22)41-15-30(25)10-11-30)28(40)34-21-7-5-19(6-8-21)24-17(3)36-37-18(24)4/h5-9,12-14,16,25-26H,10-11,15H2,1-4H3,(H,34,40)(H,35,39)(H,36,37)/t25?,26-/m0/s1. The van der Waals surface area contributed by atoms with Gasteiger partial charge in [0, 0.05) is 46.1 Å². The fourth-order valence-corrected chi connectivity index (χ4v) is 5.90. The van der Waals surface area contributed by atoms with E-state index in [1.54, 1.807) is 16.9 Å². The molecule has 1 fully saturated rings. The van der Waals surface area contributed by atoms with Crippen LogP contribution in [0.5, 0.6) is 5.88 Å². The van der Waals surface area contributed by atoms with E-state index < -0.39 is 35.0 Å². The van der Waals surface area contributed by atoms with Gasteiger partial charge in [-0.25, -0.2) is 9.37 Å². The van der Waals surface area contributed by atoms with Crippen molar-refractivity contribution >= 4 is 17.5 Å². The van der Waals surface area contributed by atoms with E-state index in [9.17, 15) is 14.0 Å². The maximum absolute atomic E-state index is 14.5. The number of ether oxygens (including phenoxy) is 1. The number of hydrogen-bond acceptors (Lipinski definition) is 6. The summed E-state index contributed by atoms with van der Waals surface area (Å²) in [6.45, 7) is 8.08. The van der Waals surface area contributed by atoms with Crippen molar-refractivity contribution < 1.29 is 18.7 Å².